The number of rotatable bonds is 10. The van der Waals surface area contributed by atoms with Crippen LogP contribution in [0.2, 0.25) is 0 Å². The number of carboxylic acid groups (broad SMARTS) is 1. The smallest absolute Gasteiger partial charge is 0.414 e. The topological polar surface area (TPSA) is 131 Å². The lowest BCUT2D eigenvalue weighted by molar-refractivity contribution is -0.139. The molecule has 0 spiro atoms. The molecule has 2 unspecified atom stereocenters. The predicted molar refractivity (Wildman–Crippen MR) is 141 cm³/mol. The number of nitrogens with zero attached hydrogens (tertiary/aromatic N) is 1. The highest BCUT2D eigenvalue weighted by Gasteiger charge is 2.21. The Labute approximate surface area is 219 Å². The number of oxazole rings is 1. The maximum Gasteiger partial charge on any atom is 0.414 e. The zero-order valence-electron chi connectivity index (χ0n) is 20.7. The van der Waals surface area contributed by atoms with Crippen molar-refractivity contribution in [1.82, 2.24) is 10.3 Å². The summed E-state index contributed by atoms with van der Waals surface area (Å²) in [6, 6.07) is 24.1. The molecule has 0 saturated heterocycles. The number of aromatic nitrogens is 1. The van der Waals surface area contributed by atoms with Gasteiger partial charge in [-0.2, -0.15) is 0 Å². The normalized spacial score (nSPS) is 12.2. The number of ether oxygens (including phenoxy) is 1. The predicted octanol–water partition coefficient (Wildman–Crippen LogP) is 5.47. The van der Waals surface area contributed by atoms with Crippen molar-refractivity contribution in [2.24, 2.45) is 0 Å². The Morgan fingerprint density at radius 1 is 0.947 bits per heavy atom. The Morgan fingerprint density at radius 2 is 1.61 bits per heavy atom. The number of hydrogen-bond acceptors (Lipinski definition) is 6. The van der Waals surface area contributed by atoms with Crippen LogP contribution in [0.25, 0.3) is 11.3 Å². The Kier molecular flexibility index (Phi) is 8.50. The summed E-state index contributed by atoms with van der Waals surface area (Å²) in [5.74, 6) is -1.51. The van der Waals surface area contributed by atoms with Gasteiger partial charge in [-0.15, -0.1) is 0 Å². The molecular weight excluding hydrogens is 486 g/mol. The minimum atomic E-state index is -1.10. The molecule has 9 nitrogen and oxygen atoms in total. The standard InChI is InChI=1S/C29H27N3O6/c1-19(21-10-6-3-7-11-21)38-29(36)32-27-25(30-18-37-27)22-13-15-23(16-14-22)26(33)31-24(28(34)35)17-12-20-8-4-2-5-9-20/h2-11,13-16,18-19,24H,12,17H2,1H3,(H,31,33)(H,32,36)(H,34,35). The summed E-state index contributed by atoms with van der Waals surface area (Å²) in [6.07, 6.45) is 0.797. The van der Waals surface area contributed by atoms with E-state index in [4.69, 9.17) is 9.15 Å². The fraction of sp³-hybridized carbons (Fsp3) is 0.172. The molecule has 194 valence electrons. The summed E-state index contributed by atoms with van der Waals surface area (Å²) >= 11 is 0. The number of carbonyl (C=O) groups is 3. The highest BCUT2D eigenvalue weighted by Crippen LogP contribution is 2.27. The molecular formula is C29H27N3O6. The van der Waals surface area contributed by atoms with Gasteiger partial charge in [0.1, 0.15) is 17.8 Å². The molecule has 0 saturated carbocycles. The van der Waals surface area contributed by atoms with Crippen LogP contribution in [0.15, 0.2) is 95.7 Å². The van der Waals surface area contributed by atoms with Gasteiger partial charge >= 0.3 is 12.1 Å². The second-order valence-corrected chi connectivity index (χ2v) is 8.58. The van der Waals surface area contributed by atoms with Gasteiger partial charge in [0.15, 0.2) is 6.39 Å². The van der Waals surface area contributed by atoms with Crippen LogP contribution in [0.1, 0.15) is 40.9 Å². The lowest BCUT2D eigenvalue weighted by atomic mass is 10.0. The van der Waals surface area contributed by atoms with E-state index in [2.05, 4.69) is 15.6 Å². The second kappa shape index (κ2) is 12.4. The van der Waals surface area contributed by atoms with Crippen molar-refractivity contribution in [1.29, 1.82) is 0 Å². The molecule has 0 aliphatic rings. The molecule has 0 aliphatic carbocycles. The average Bonchev–Trinajstić information content (AvgIpc) is 3.39. The number of aryl methyl sites for hydroxylation is 1. The van der Waals surface area contributed by atoms with Gasteiger partial charge in [0.25, 0.3) is 5.91 Å². The number of amides is 2. The molecule has 3 N–H and O–H groups in total. The van der Waals surface area contributed by atoms with E-state index in [1.165, 1.54) is 6.39 Å². The van der Waals surface area contributed by atoms with Crippen LogP contribution in [0.5, 0.6) is 0 Å². The number of benzene rings is 3. The Balaban J connectivity index is 1.37. The van der Waals surface area contributed by atoms with Crippen LogP contribution in [0, 0.1) is 0 Å². The van der Waals surface area contributed by atoms with Crippen LogP contribution in [-0.2, 0) is 16.0 Å². The number of carbonyl (C=O) groups excluding carboxylic acids is 2. The third-order valence-corrected chi connectivity index (χ3v) is 5.92. The van der Waals surface area contributed by atoms with Crippen molar-refractivity contribution in [2.75, 3.05) is 5.32 Å². The zero-order valence-corrected chi connectivity index (χ0v) is 20.7. The van der Waals surface area contributed by atoms with Crippen molar-refractivity contribution >= 4 is 23.9 Å². The monoisotopic (exact) mass is 513 g/mol. The first kappa shape index (κ1) is 26.2. The molecule has 0 aliphatic heterocycles. The summed E-state index contributed by atoms with van der Waals surface area (Å²) < 4.78 is 10.7. The Hall–Kier alpha value is -4.92. The van der Waals surface area contributed by atoms with E-state index in [9.17, 15) is 19.5 Å². The van der Waals surface area contributed by atoms with Crippen LogP contribution in [0.4, 0.5) is 10.7 Å². The van der Waals surface area contributed by atoms with E-state index >= 15 is 0 Å². The molecule has 4 aromatic rings. The van der Waals surface area contributed by atoms with Crippen molar-refractivity contribution < 1.29 is 28.6 Å². The van der Waals surface area contributed by atoms with Gasteiger partial charge in [0.05, 0.1) is 0 Å². The number of nitrogens with one attached hydrogen (secondary N) is 2. The third kappa shape index (κ3) is 6.85. The summed E-state index contributed by atoms with van der Waals surface area (Å²) in [6.45, 7) is 1.76. The van der Waals surface area contributed by atoms with Crippen molar-refractivity contribution in [3.05, 3.63) is 108 Å². The quantitative estimate of drug-likeness (QED) is 0.256. The molecule has 2 amide bonds. The van der Waals surface area contributed by atoms with Gasteiger partial charge in [-0.25, -0.2) is 14.6 Å². The van der Waals surface area contributed by atoms with Crippen LogP contribution < -0.4 is 10.6 Å². The van der Waals surface area contributed by atoms with E-state index in [0.29, 0.717) is 17.7 Å². The molecule has 38 heavy (non-hydrogen) atoms. The van der Waals surface area contributed by atoms with Crippen molar-refractivity contribution in [3.63, 3.8) is 0 Å². The second-order valence-electron chi connectivity index (χ2n) is 8.58. The first-order valence-electron chi connectivity index (χ1n) is 12.0. The maximum atomic E-state index is 12.7. The largest absolute Gasteiger partial charge is 0.480 e. The summed E-state index contributed by atoms with van der Waals surface area (Å²) in [7, 11) is 0. The van der Waals surface area contributed by atoms with Gasteiger partial charge in [-0.05, 0) is 43.0 Å². The maximum absolute atomic E-state index is 12.7. The minimum Gasteiger partial charge on any atom is -0.480 e. The number of anilines is 1. The first-order chi connectivity index (χ1) is 18.4. The average molecular weight is 514 g/mol. The van der Waals surface area contributed by atoms with Gasteiger partial charge in [0, 0.05) is 11.1 Å². The third-order valence-electron chi connectivity index (χ3n) is 5.92. The molecule has 3 aromatic carbocycles. The van der Waals surface area contributed by atoms with Crippen LogP contribution in [0.3, 0.4) is 0 Å². The van der Waals surface area contributed by atoms with E-state index in [0.717, 1.165) is 11.1 Å². The van der Waals surface area contributed by atoms with E-state index in [1.54, 1.807) is 31.2 Å². The van der Waals surface area contributed by atoms with Gasteiger partial charge < -0.3 is 19.6 Å². The minimum absolute atomic E-state index is 0.0966. The molecule has 1 aromatic heterocycles. The highest BCUT2D eigenvalue weighted by atomic mass is 16.6. The molecule has 4 rings (SSSR count). The first-order valence-corrected chi connectivity index (χ1v) is 12.0. The fourth-order valence-electron chi connectivity index (χ4n) is 3.85. The lowest BCUT2D eigenvalue weighted by Crippen LogP contribution is -2.41. The number of carboxylic acids is 1. The van der Waals surface area contributed by atoms with Crippen molar-refractivity contribution in [3.8, 4) is 11.3 Å². The van der Waals surface area contributed by atoms with E-state index in [1.807, 2.05) is 60.7 Å². The zero-order chi connectivity index (χ0) is 26.9. The summed E-state index contributed by atoms with van der Waals surface area (Å²) in [4.78, 5) is 41.0. The van der Waals surface area contributed by atoms with Crippen molar-refractivity contribution in [2.45, 2.75) is 31.9 Å². The molecule has 2 atom stereocenters. The summed E-state index contributed by atoms with van der Waals surface area (Å²) in [5.41, 5.74) is 3.06. The number of hydrogen-bond donors (Lipinski definition) is 3. The molecule has 0 bridgehead atoms. The van der Waals surface area contributed by atoms with Gasteiger partial charge in [0.2, 0.25) is 5.88 Å². The Bertz CT molecular complexity index is 1370. The van der Waals surface area contributed by atoms with Crippen LogP contribution in [-0.4, -0.2) is 34.1 Å². The van der Waals surface area contributed by atoms with Gasteiger partial charge in [-0.1, -0.05) is 72.8 Å². The Morgan fingerprint density at radius 3 is 2.26 bits per heavy atom. The van der Waals surface area contributed by atoms with E-state index < -0.39 is 30.1 Å². The fourth-order valence-corrected chi connectivity index (χ4v) is 3.85. The SMILES string of the molecule is CC(OC(=O)Nc1ocnc1-c1ccc(C(=O)NC(CCc2ccccc2)C(=O)O)cc1)c1ccccc1. The number of aliphatic carboxylic acids is 1. The summed E-state index contributed by atoms with van der Waals surface area (Å²) in [5, 5.41) is 14.7. The van der Waals surface area contributed by atoms with Crippen LogP contribution >= 0.6 is 0 Å². The molecule has 1 heterocycles. The van der Waals surface area contributed by atoms with E-state index in [-0.39, 0.29) is 17.9 Å². The molecule has 0 fully saturated rings. The molecule has 9 heteroatoms. The highest BCUT2D eigenvalue weighted by molar-refractivity contribution is 5.97. The van der Waals surface area contributed by atoms with Gasteiger partial charge in [-0.3, -0.25) is 10.1 Å². The lowest BCUT2D eigenvalue weighted by Gasteiger charge is -2.15. The molecule has 0 radical (unpaired) electrons.